The fourth-order valence-corrected chi connectivity index (χ4v) is 3.14. The van der Waals surface area contributed by atoms with Gasteiger partial charge in [0.05, 0.1) is 11.1 Å². The molecule has 1 fully saturated rings. The molecule has 1 aliphatic heterocycles. The minimum atomic E-state index is -0.728. The number of aliphatic carboxylic acids is 1. The highest BCUT2D eigenvalue weighted by Gasteiger charge is 2.25. The summed E-state index contributed by atoms with van der Waals surface area (Å²) in [5, 5.41) is 18.3. The molecule has 0 saturated carbocycles. The van der Waals surface area contributed by atoms with Crippen molar-refractivity contribution in [2.75, 3.05) is 13.1 Å². The molecule has 0 amide bonds. The number of carbonyl (C=O) groups is 1. The van der Waals surface area contributed by atoms with Gasteiger partial charge in [-0.3, -0.25) is 9.69 Å². The summed E-state index contributed by atoms with van der Waals surface area (Å²) in [6, 6.07) is 8.11. The summed E-state index contributed by atoms with van der Waals surface area (Å²) in [6.07, 6.45) is 5.09. The highest BCUT2D eigenvalue weighted by Crippen LogP contribution is 2.24. The molecular weight excluding hydrogens is 266 g/mol. The molecule has 2 aromatic rings. The molecule has 5 nitrogen and oxygen atoms in total. The van der Waals surface area contributed by atoms with Gasteiger partial charge in [0, 0.05) is 37.5 Å². The van der Waals surface area contributed by atoms with Crippen LogP contribution in [0.25, 0.3) is 5.52 Å². The van der Waals surface area contributed by atoms with Crippen LogP contribution in [0.3, 0.4) is 0 Å². The Labute approximate surface area is 123 Å². The van der Waals surface area contributed by atoms with Gasteiger partial charge >= 0.3 is 5.97 Å². The molecule has 1 saturated heterocycles. The first kappa shape index (κ1) is 13.7. The van der Waals surface area contributed by atoms with Crippen molar-refractivity contribution in [3.8, 4) is 6.07 Å². The molecule has 0 bridgehead atoms. The molecule has 1 aliphatic rings. The van der Waals surface area contributed by atoms with Crippen LogP contribution >= 0.6 is 0 Å². The Balaban J connectivity index is 1.77. The van der Waals surface area contributed by atoms with Crippen molar-refractivity contribution in [3.63, 3.8) is 0 Å². The van der Waals surface area contributed by atoms with Crippen molar-refractivity contribution in [1.82, 2.24) is 9.30 Å². The Bertz CT molecular complexity index is 714. The second kappa shape index (κ2) is 5.58. The van der Waals surface area contributed by atoms with Crippen LogP contribution in [0.2, 0.25) is 0 Å². The van der Waals surface area contributed by atoms with Crippen molar-refractivity contribution < 1.29 is 9.90 Å². The van der Waals surface area contributed by atoms with E-state index in [9.17, 15) is 10.1 Å². The first-order chi connectivity index (χ1) is 10.2. The Morgan fingerprint density at radius 3 is 3.10 bits per heavy atom. The zero-order chi connectivity index (χ0) is 14.8. The van der Waals surface area contributed by atoms with E-state index in [2.05, 4.69) is 11.0 Å². The molecule has 3 rings (SSSR count). The number of rotatable bonds is 4. The quantitative estimate of drug-likeness (QED) is 0.933. The van der Waals surface area contributed by atoms with Crippen molar-refractivity contribution in [2.45, 2.75) is 19.4 Å². The lowest BCUT2D eigenvalue weighted by Crippen LogP contribution is -2.21. The van der Waals surface area contributed by atoms with Crippen molar-refractivity contribution >= 4 is 11.5 Å². The molecule has 2 aromatic heterocycles. The highest BCUT2D eigenvalue weighted by atomic mass is 16.4. The molecular formula is C16H17N3O2. The summed E-state index contributed by atoms with van der Waals surface area (Å²) >= 11 is 0. The molecule has 0 radical (unpaired) electrons. The normalized spacial score (nSPS) is 18.9. The lowest BCUT2D eigenvalue weighted by atomic mass is 10.1. The number of fused-ring (bicyclic) bond motifs is 1. The third-order valence-corrected chi connectivity index (χ3v) is 4.10. The lowest BCUT2D eigenvalue weighted by Gasteiger charge is -2.14. The lowest BCUT2D eigenvalue weighted by molar-refractivity contribution is -0.138. The van der Waals surface area contributed by atoms with E-state index in [-0.39, 0.29) is 12.3 Å². The van der Waals surface area contributed by atoms with Crippen molar-refractivity contribution in [2.24, 2.45) is 5.92 Å². The van der Waals surface area contributed by atoms with Crippen LogP contribution in [0.5, 0.6) is 0 Å². The third-order valence-electron chi connectivity index (χ3n) is 4.10. The van der Waals surface area contributed by atoms with Crippen LogP contribution < -0.4 is 0 Å². The van der Waals surface area contributed by atoms with E-state index in [0.29, 0.717) is 6.54 Å². The van der Waals surface area contributed by atoms with Crippen molar-refractivity contribution in [3.05, 3.63) is 41.7 Å². The summed E-state index contributed by atoms with van der Waals surface area (Å²) < 4.78 is 1.97. The largest absolute Gasteiger partial charge is 0.481 e. The van der Waals surface area contributed by atoms with Gasteiger partial charge in [0.25, 0.3) is 0 Å². The molecule has 1 N–H and O–H groups in total. The number of aromatic nitrogens is 1. The number of carboxylic acid groups (broad SMARTS) is 1. The molecule has 3 heterocycles. The van der Waals surface area contributed by atoms with E-state index in [0.717, 1.165) is 36.2 Å². The monoisotopic (exact) mass is 283 g/mol. The summed E-state index contributed by atoms with van der Waals surface area (Å²) in [4.78, 5) is 13.0. The van der Waals surface area contributed by atoms with Gasteiger partial charge in [0.1, 0.15) is 6.07 Å². The predicted molar refractivity (Wildman–Crippen MR) is 77.7 cm³/mol. The zero-order valence-corrected chi connectivity index (χ0v) is 11.7. The minimum Gasteiger partial charge on any atom is -0.481 e. The average molecular weight is 283 g/mol. The van der Waals surface area contributed by atoms with Gasteiger partial charge in [-0.05, 0) is 31.0 Å². The standard InChI is InChI=1S/C16H17N3O2/c17-8-14-13(11-19-5-2-1-3-15(14)19)10-18-6-4-12(9-18)7-16(20)21/h1-3,5,11-12H,4,6-7,9-10H2,(H,20,21). The summed E-state index contributed by atoms with van der Waals surface area (Å²) in [5.74, 6) is -0.501. The number of nitrogens with zero attached hydrogens (tertiary/aromatic N) is 3. The molecule has 5 heteroatoms. The maximum absolute atomic E-state index is 10.8. The fourth-order valence-electron chi connectivity index (χ4n) is 3.14. The van der Waals surface area contributed by atoms with Gasteiger partial charge < -0.3 is 9.51 Å². The van der Waals surface area contributed by atoms with Crippen LogP contribution in [-0.2, 0) is 11.3 Å². The Morgan fingerprint density at radius 2 is 2.33 bits per heavy atom. The van der Waals surface area contributed by atoms with Gasteiger partial charge in [-0.25, -0.2) is 0 Å². The Morgan fingerprint density at radius 1 is 1.48 bits per heavy atom. The smallest absolute Gasteiger partial charge is 0.303 e. The Hall–Kier alpha value is -2.32. The second-order valence-electron chi connectivity index (χ2n) is 5.62. The summed E-state index contributed by atoms with van der Waals surface area (Å²) in [7, 11) is 0. The number of nitriles is 1. The number of hydrogen-bond donors (Lipinski definition) is 1. The van der Waals surface area contributed by atoms with Gasteiger partial charge in [0.2, 0.25) is 0 Å². The third kappa shape index (κ3) is 2.76. The average Bonchev–Trinajstić information content (AvgIpc) is 3.02. The highest BCUT2D eigenvalue weighted by molar-refractivity contribution is 5.67. The summed E-state index contributed by atoms with van der Waals surface area (Å²) in [6.45, 7) is 2.40. The first-order valence-corrected chi connectivity index (χ1v) is 7.10. The second-order valence-corrected chi connectivity index (χ2v) is 5.62. The molecule has 21 heavy (non-hydrogen) atoms. The Kier molecular flexibility index (Phi) is 3.63. The van der Waals surface area contributed by atoms with Crippen LogP contribution in [0.1, 0.15) is 24.0 Å². The van der Waals surface area contributed by atoms with E-state index in [1.807, 2.05) is 35.0 Å². The van der Waals surface area contributed by atoms with Crippen LogP contribution in [0.4, 0.5) is 0 Å². The van der Waals surface area contributed by atoms with E-state index >= 15 is 0 Å². The molecule has 0 spiro atoms. The number of carboxylic acids is 1. The van der Waals surface area contributed by atoms with Crippen molar-refractivity contribution in [1.29, 1.82) is 5.26 Å². The molecule has 1 unspecified atom stereocenters. The predicted octanol–water partition coefficient (Wildman–Crippen LogP) is 2.11. The maximum Gasteiger partial charge on any atom is 0.303 e. The minimum absolute atomic E-state index is 0.227. The molecule has 0 aliphatic carbocycles. The van der Waals surface area contributed by atoms with Gasteiger partial charge in [-0.2, -0.15) is 5.26 Å². The number of hydrogen-bond acceptors (Lipinski definition) is 3. The van der Waals surface area contributed by atoms with E-state index < -0.39 is 5.97 Å². The molecule has 1 atom stereocenters. The number of likely N-dealkylation sites (tertiary alicyclic amines) is 1. The number of pyridine rings is 1. The van der Waals surface area contributed by atoms with Crippen LogP contribution in [0, 0.1) is 17.2 Å². The van der Waals surface area contributed by atoms with E-state index in [4.69, 9.17) is 5.11 Å². The maximum atomic E-state index is 10.8. The van der Waals surface area contributed by atoms with Crippen LogP contribution in [0.15, 0.2) is 30.6 Å². The van der Waals surface area contributed by atoms with Crippen LogP contribution in [-0.4, -0.2) is 33.5 Å². The first-order valence-electron chi connectivity index (χ1n) is 7.10. The zero-order valence-electron chi connectivity index (χ0n) is 11.7. The topological polar surface area (TPSA) is 68.7 Å². The molecule has 0 aromatic carbocycles. The SMILES string of the molecule is N#Cc1c(CN2CCC(CC(=O)O)C2)cn2ccccc12. The fraction of sp³-hybridized carbons (Fsp3) is 0.375. The van der Waals surface area contributed by atoms with E-state index in [1.54, 1.807) is 0 Å². The van der Waals surface area contributed by atoms with Gasteiger partial charge in [0.15, 0.2) is 0 Å². The molecule has 108 valence electrons. The summed E-state index contributed by atoms with van der Waals surface area (Å²) in [5.41, 5.74) is 2.66. The van der Waals surface area contributed by atoms with Gasteiger partial charge in [-0.1, -0.05) is 6.07 Å². The van der Waals surface area contributed by atoms with Gasteiger partial charge in [-0.15, -0.1) is 0 Å². The van der Waals surface area contributed by atoms with E-state index in [1.165, 1.54) is 0 Å².